The first-order valence-corrected chi connectivity index (χ1v) is 8.30. The van der Waals surface area contributed by atoms with Gasteiger partial charge in [0.1, 0.15) is 11.6 Å². The molecule has 130 valence electrons. The predicted octanol–water partition coefficient (Wildman–Crippen LogP) is 2.83. The van der Waals surface area contributed by atoms with Gasteiger partial charge in [0.25, 0.3) is 0 Å². The highest BCUT2D eigenvalue weighted by molar-refractivity contribution is 6.34. The van der Waals surface area contributed by atoms with Crippen molar-refractivity contribution in [1.82, 2.24) is 4.98 Å². The summed E-state index contributed by atoms with van der Waals surface area (Å²) in [6.45, 7) is 0.490. The number of benzene rings is 1. The number of ketones is 1. The third-order valence-corrected chi connectivity index (χ3v) is 4.56. The molecule has 0 bridgehead atoms. The number of carbonyl (C=O) groups is 2. The first-order valence-electron chi connectivity index (χ1n) is 7.92. The molecular formula is C18H17ClFN3O2. The highest BCUT2D eigenvalue weighted by Crippen LogP contribution is 2.38. The van der Waals surface area contributed by atoms with Crippen LogP contribution in [0.1, 0.15) is 22.3 Å². The second kappa shape index (κ2) is 7.29. The fourth-order valence-electron chi connectivity index (χ4n) is 2.74. The molecule has 5 nitrogen and oxygen atoms in total. The number of anilines is 1. The fraction of sp³-hybridized carbons (Fsp3) is 0.278. The lowest BCUT2D eigenvalue weighted by Crippen LogP contribution is -2.18. The van der Waals surface area contributed by atoms with Crippen molar-refractivity contribution < 1.29 is 14.0 Å². The Bertz CT molecular complexity index is 807. The Morgan fingerprint density at radius 1 is 1.36 bits per heavy atom. The summed E-state index contributed by atoms with van der Waals surface area (Å²) in [7, 11) is 0. The molecule has 1 fully saturated rings. The quantitative estimate of drug-likeness (QED) is 0.775. The molecule has 0 radical (unpaired) electrons. The second-order valence-corrected chi connectivity index (χ2v) is 6.48. The zero-order valence-electron chi connectivity index (χ0n) is 13.3. The summed E-state index contributed by atoms with van der Waals surface area (Å²) in [5.41, 5.74) is 6.02. The molecule has 2 aromatic rings. The van der Waals surface area contributed by atoms with Crippen LogP contribution in [0, 0.1) is 17.7 Å². The van der Waals surface area contributed by atoms with Crippen LogP contribution in [0.15, 0.2) is 36.5 Å². The van der Waals surface area contributed by atoms with Gasteiger partial charge in [0.05, 0.1) is 10.6 Å². The van der Waals surface area contributed by atoms with Crippen molar-refractivity contribution in [2.75, 3.05) is 11.9 Å². The average Bonchev–Trinajstić information content (AvgIpc) is 3.35. The zero-order valence-corrected chi connectivity index (χ0v) is 14.1. The van der Waals surface area contributed by atoms with Crippen LogP contribution in [0.25, 0.3) is 0 Å². The molecule has 0 spiro atoms. The van der Waals surface area contributed by atoms with Crippen LogP contribution >= 0.6 is 11.6 Å². The maximum absolute atomic E-state index is 13.8. The molecular weight excluding hydrogens is 345 g/mol. The average molecular weight is 362 g/mol. The van der Waals surface area contributed by atoms with Gasteiger partial charge in [-0.15, -0.1) is 0 Å². The fourth-order valence-corrected chi connectivity index (χ4v) is 3.01. The van der Waals surface area contributed by atoms with Crippen LogP contribution in [0.3, 0.4) is 0 Å². The Labute approximate surface area is 149 Å². The lowest BCUT2D eigenvalue weighted by molar-refractivity contribution is -0.117. The van der Waals surface area contributed by atoms with Crippen LogP contribution < -0.4 is 11.1 Å². The minimum atomic E-state index is -0.651. The van der Waals surface area contributed by atoms with Gasteiger partial charge in [-0.1, -0.05) is 17.7 Å². The number of amides is 1. The molecule has 2 atom stereocenters. The van der Waals surface area contributed by atoms with E-state index >= 15 is 0 Å². The number of nitrogens with one attached hydrogen (secondary N) is 1. The van der Waals surface area contributed by atoms with Crippen LogP contribution in [0.2, 0.25) is 5.02 Å². The summed E-state index contributed by atoms with van der Waals surface area (Å²) in [5, 5.41) is 2.81. The van der Waals surface area contributed by atoms with Gasteiger partial charge in [-0.25, -0.2) is 9.37 Å². The molecule has 1 saturated carbocycles. The normalized spacial score (nSPS) is 18.7. The second-order valence-electron chi connectivity index (χ2n) is 6.07. The molecule has 3 N–H and O–H groups in total. The minimum absolute atomic E-state index is 0.0408. The molecule has 0 unspecified atom stereocenters. The van der Waals surface area contributed by atoms with Crippen LogP contribution in [-0.2, 0) is 11.2 Å². The molecule has 3 rings (SSSR count). The molecule has 1 aliphatic rings. The zero-order chi connectivity index (χ0) is 18.0. The molecule has 0 saturated heterocycles. The Morgan fingerprint density at radius 3 is 2.84 bits per heavy atom. The summed E-state index contributed by atoms with van der Waals surface area (Å²) in [5.74, 6) is -0.693. The highest BCUT2D eigenvalue weighted by Gasteiger charge is 2.41. The molecule has 7 heteroatoms. The number of hydrogen-bond donors (Lipinski definition) is 2. The van der Waals surface area contributed by atoms with Crippen molar-refractivity contribution in [2.24, 2.45) is 17.6 Å². The van der Waals surface area contributed by atoms with E-state index in [0.717, 1.165) is 6.42 Å². The number of aromatic nitrogens is 1. The van der Waals surface area contributed by atoms with Gasteiger partial charge in [-0.3, -0.25) is 9.59 Å². The molecule has 0 aliphatic heterocycles. The van der Waals surface area contributed by atoms with Gasteiger partial charge in [0.15, 0.2) is 5.78 Å². The van der Waals surface area contributed by atoms with E-state index in [9.17, 15) is 14.0 Å². The first-order chi connectivity index (χ1) is 12.0. The first kappa shape index (κ1) is 17.5. The molecule has 1 aromatic heterocycles. The standard InChI is InChI=1S/C18H17ClFN3O2/c19-13-2-1-3-14(20)17(13)15(24)6-10-4-5-22-16(7-10)23-18(25)12-8-11(12)9-21/h1-5,7,11-12H,6,8-9,21H2,(H,22,23,25)/t11-,12-/m1/s1. The van der Waals surface area contributed by atoms with Gasteiger partial charge < -0.3 is 11.1 Å². The third-order valence-electron chi connectivity index (χ3n) is 4.24. The Balaban J connectivity index is 1.69. The van der Waals surface area contributed by atoms with E-state index in [1.54, 1.807) is 12.1 Å². The van der Waals surface area contributed by atoms with Crippen LogP contribution in [0.4, 0.5) is 10.2 Å². The smallest absolute Gasteiger partial charge is 0.228 e. The van der Waals surface area contributed by atoms with Crippen molar-refractivity contribution in [3.05, 3.63) is 58.5 Å². The minimum Gasteiger partial charge on any atom is -0.330 e. The van der Waals surface area contributed by atoms with E-state index in [1.165, 1.54) is 24.4 Å². The largest absolute Gasteiger partial charge is 0.330 e. The van der Waals surface area contributed by atoms with E-state index in [2.05, 4.69) is 10.3 Å². The molecule has 1 aliphatic carbocycles. The van der Waals surface area contributed by atoms with Crippen molar-refractivity contribution in [3.63, 3.8) is 0 Å². The van der Waals surface area contributed by atoms with Crippen molar-refractivity contribution in [1.29, 1.82) is 0 Å². The maximum atomic E-state index is 13.8. The number of nitrogens with two attached hydrogens (primary N) is 1. The summed E-state index contributed by atoms with van der Waals surface area (Å²) >= 11 is 5.92. The van der Waals surface area contributed by atoms with Gasteiger partial charge in [0, 0.05) is 18.5 Å². The number of carbonyl (C=O) groups excluding carboxylic acids is 2. The Hall–Kier alpha value is -2.31. The lowest BCUT2D eigenvalue weighted by atomic mass is 10.0. The van der Waals surface area contributed by atoms with E-state index in [0.29, 0.717) is 17.9 Å². The summed E-state index contributed by atoms with van der Waals surface area (Å²) in [6.07, 6.45) is 2.24. The topological polar surface area (TPSA) is 85.1 Å². The number of hydrogen-bond acceptors (Lipinski definition) is 4. The van der Waals surface area contributed by atoms with Crippen molar-refractivity contribution in [2.45, 2.75) is 12.8 Å². The molecule has 1 aromatic carbocycles. The predicted molar refractivity (Wildman–Crippen MR) is 93.0 cm³/mol. The van der Waals surface area contributed by atoms with Crippen LogP contribution in [-0.4, -0.2) is 23.2 Å². The Kier molecular flexibility index (Phi) is 5.11. The number of nitrogens with zero attached hydrogens (tertiary/aromatic N) is 1. The SMILES string of the molecule is NC[C@H]1C[C@H]1C(=O)Nc1cc(CC(=O)c2c(F)cccc2Cl)ccn1. The maximum Gasteiger partial charge on any atom is 0.228 e. The van der Waals surface area contributed by atoms with Gasteiger partial charge >= 0.3 is 0 Å². The number of Topliss-reactive ketones (excluding diaryl/α,β-unsaturated/α-hetero) is 1. The van der Waals surface area contributed by atoms with Gasteiger partial charge in [-0.2, -0.15) is 0 Å². The van der Waals surface area contributed by atoms with Gasteiger partial charge in [0.2, 0.25) is 5.91 Å². The molecule has 1 amide bonds. The highest BCUT2D eigenvalue weighted by atomic mass is 35.5. The van der Waals surface area contributed by atoms with E-state index in [4.69, 9.17) is 17.3 Å². The van der Waals surface area contributed by atoms with Crippen LogP contribution in [0.5, 0.6) is 0 Å². The van der Waals surface area contributed by atoms with E-state index in [1.807, 2.05) is 0 Å². The Morgan fingerprint density at radius 2 is 2.16 bits per heavy atom. The van der Waals surface area contributed by atoms with E-state index < -0.39 is 11.6 Å². The van der Waals surface area contributed by atoms with Crippen molar-refractivity contribution >= 4 is 29.1 Å². The van der Waals surface area contributed by atoms with E-state index in [-0.39, 0.29) is 34.7 Å². The number of rotatable bonds is 6. The molecule has 1 heterocycles. The monoisotopic (exact) mass is 361 g/mol. The third kappa shape index (κ3) is 4.03. The number of halogens is 2. The van der Waals surface area contributed by atoms with Crippen molar-refractivity contribution in [3.8, 4) is 0 Å². The molecule has 25 heavy (non-hydrogen) atoms. The summed E-state index contributed by atoms with van der Waals surface area (Å²) < 4.78 is 13.8. The summed E-state index contributed by atoms with van der Waals surface area (Å²) in [4.78, 5) is 28.5. The van der Waals surface area contributed by atoms with Gasteiger partial charge in [-0.05, 0) is 48.7 Å². The number of pyridine rings is 1. The lowest BCUT2D eigenvalue weighted by Gasteiger charge is -2.08. The summed E-state index contributed by atoms with van der Waals surface area (Å²) in [6, 6.07) is 7.36.